The van der Waals surface area contributed by atoms with Gasteiger partial charge in [0, 0.05) is 36.2 Å². The Bertz CT molecular complexity index is 697. The minimum Gasteiger partial charge on any atom is -0.355 e. The molecule has 3 N–H and O–H groups in total. The molecule has 1 aromatic carbocycles. The summed E-state index contributed by atoms with van der Waals surface area (Å²) in [6.45, 7) is 4.26. The number of aryl methyl sites for hydroxylation is 1. The summed E-state index contributed by atoms with van der Waals surface area (Å²) in [5, 5.41) is 8.57. The van der Waals surface area contributed by atoms with Crippen molar-refractivity contribution in [1.82, 2.24) is 10.6 Å². The largest absolute Gasteiger partial charge is 0.355 e. The summed E-state index contributed by atoms with van der Waals surface area (Å²) >= 11 is 0. The number of amides is 3. The fourth-order valence-corrected chi connectivity index (χ4v) is 2.72. The molecule has 6 heteroatoms. The Balaban J connectivity index is 1.49. The molecule has 2 saturated carbocycles. The fraction of sp³-hybridized carbons (Fsp3) is 0.526. The summed E-state index contributed by atoms with van der Waals surface area (Å²) in [7, 11) is 0. The zero-order chi connectivity index (χ0) is 18.0. The van der Waals surface area contributed by atoms with Crippen LogP contribution in [0, 0.1) is 18.8 Å². The van der Waals surface area contributed by atoms with E-state index in [9.17, 15) is 14.4 Å². The highest BCUT2D eigenvalue weighted by Crippen LogP contribution is 2.37. The molecule has 0 heterocycles. The minimum absolute atomic E-state index is 0.0372. The quantitative estimate of drug-likeness (QED) is 0.707. The van der Waals surface area contributed by atoms with Crippen LogP contribution in [-0.4, -0.2) is 30.3 Å². The lowest BCUT2D eigenvalue weighted by atomic mass is 10.1. The zero-order valence-corrected chi connectivity index (χ0v) is 14.7. The molecule has 2 aliphatic rings. The second kappa shape index (κ2) is 7.25. The Morgan fingerprint density at radius 3 is 2.56 bits per heavy atom. The van der Waals surface area contributed by atoms with E-state index in [0.29, 0.717) is 29.8 Å². The smallest absolute Gasteiger partial charge is 0.251 e. The molecule has 6 nitrogen and oxygen atoms in total. The van der Waals surface area contributed by atoms with E-state index in [1.165, 1.54) is 0 Å². The van der Waals surface area contributed by atoms with Gasteiger partial charge in [0.2, 0.25) is 11.8 Å². The number of carbonyl (C=O) groups excluding carboxylic acids is 3. The van der Waals surface area contributed by atoms with E-state index < -0.39 is 0 Å². The van der Waals surface area contributed by atoms with Crippen molar-refractivity contribution in [3.8, 4) is 0 Å². The molecule has 134 valence electrons. The van der Waals surface area contributed by atoms with E-state index in [1.54, 1.807) is 12.1 Å². The van der Waals surface area contributed by atoms with E-state index in [2.05, 4.69) is 16.0 Å². The second-order valence-electron chi connectivity index (χ2n) is 7.19. The molecule has 0 spiro atoms. The van der Waals surface area contributed by atoms with Crippen LogP contribution in [0.1, 0.15) is 48.5 Å². The van der Waals surface area contributed by atoms with Gasteiger partial charge in [-0.3, -0.25) is 14.4 Å². The first-order chi connectivity index (χ1) is 11.9. The highest BCUT2D eigenvalue weighted by atomic mass is 16.2. The second-order valence-corrected chi connectivity index (χ2v) is 7.19. The number of anilines is 1. The van der Waals surface area contributed by atoms with Crippen LogP contribution in [0.25, 0.3) is 0 Å². The van der Waals surface area contributed by atoms with Crippen LogP contribution in [0.5, 0.6) is 0 Å². The number of rotatable bonds is 7. The van der Waals surface area contributed by atoms with Crippen molar-refractivity contribution in [1.29, 1.82) is 0 Å². The first kappa shape index (κ1) is 17.5. The van der Waals surface area contributed by atoms with Gasteiger partial charge in [0.15, 0.2) is 0 Å². The van der Waals surface area contributed by atoms with Crippen LogP contribution in [0.3, 0.4) is 0 Å². The molecule has 0 aromatic heterocycles. The van der Waals surface area contributed by atoms with Crippen molar-refractivity contribution in [2.24, 2.45) is 11.8 Å². The Labute approximate surface area is 147 Å². The molecule has 0 saturated heterocycles. The molecule has 1 aromatic rings. The van der Waals surface area contributed by atoms with Crippen LogP contribution in [-0.2, 0) is 9.59 Å². The monoisotopic (exact) mass is 343 g/mol. The summed E-state index contributed by atoms with van der Waals surface area (Å²) in [4.78, 5) is 36.0. The number of hydrogen-bond acceptors (Lipinski definition) is 3. The normalized spacial score (nSPS) is 21.4. The number of hydrogen-bond donors (Lipinski definition) is 3. The van der Waals surface area contributed by atoms with Gasteiger partial charge in [0.1, 0.15) is 0 Å². The average molecular weight is 343 g/mol. The van der Waals surface area contributed by atoms with Gasteiger partial charge in [-0.25, -0.2) is 0 Å². The molecule has 2 atom stereocenters. The highest BCUT2D eigenvalue weighted by molar-refractivity contribution is 5.98. The van der Waals surface area contributed by atoms with Crippen molar-refractivity contribution in [3.05, 3.63) is 29.3 Å². The minimum atomic E-state index is -0.174. The third-order valence-electron chi connectivity index (χ3n) is 4.78. The maximum absolute atomic E-state index is 12.1. The van der Waals surface area contributed by atoms with Crippen LogP contribution < -0.4 is 16.0 Å². The molecule has 0 radical (unpaired) electrons. The first-order valence-electron chi connectivity index (χ1n) is 8.93. The van der Waals surface area contributed by atoms with E-state index in [0.717, 1.165) is 24.8 Å². The molecule has 0 aliphatic heterocycles. The number of nitrogens with one attached hydrogen (secondary N) is 3. The highest BCUT2D eigenvalue weighted by Gasteiger charge is 2.38. The number of benzene rings is 1. The van der Waals surface area contributed by atoms with E-state index in [4.69, 9.17) is 0 Å². The van der Waals surface area contributed by atoms with Gasteiger partial charge in [-0.1, -0.05) is 13.0 Å². The van der Waals surface area contributed by atoms with Crippen LogP contribution >= 0.6 is 0 Å². The maximum Gasteiger partial charge on any atom is 0.251 e. The van der Waals surface area contributed by atoms with E-state index >= 15 is 0 Å². The van der Waals surface area contributed by atoms with Crippen molar-refractivity contribution in [2.75, 3.05) is 11.9 Å². The molecule has 25 heavy (non-hydrogen) atoms. The zero-order valence-electron chi connectivity index (χ0n) is 14.7. The lowest BCUT2D eigenvalue weighted by molar-refractivity contribution is -0.122. The lowest BCUT2D eigenvalue weighted by Crippen LogP contribution is -2.29. The van der Waals surface area contributed by atoms with Crippen molar-refractivity contribution < 1.29 is 14.4 Å². The van der Waals surface area contributed by atoms with Gasteiger partial charge >= 0.3 is 0 Å². The van der Waals surface area contributed by atoms with Crippen LogP contribution in [0.2, 0.25) is 0 Å². The predicted molar refractivity (Wildman–Crippen MR) is 95.2 cm³/mol. The Morgan fingerprint density at radius 1 is 1.20 bits per heavy atom. The van der Waals surface area contributed by atoms with Gasteiger partial charge < -0.3 is 16.0 Å². The Hall–Kier alpha value is -2.37. The molecular formula is C19H25N3O3. The SMILES string of the molecule is Cc1ccc(C(=O)NC2CC2)cc1NC(=O)CCNC(=O)[C@H]1C[C@H]1C. The maximum atomic E-state index is 12.1. The summed E-state index contributed by atoms with van der Waals surface area (Å²) < 4.78 is 0. The molecule has 2 fully saturated rings. The van der Waals surface area contributed by atoms with Crippen LogP contribution in [0.15, 0.2) is 18.2 Å². The molecule has 0 bridgehead atoms. The van der Waals surface area contributed by atoms with Crippen molar-refractivity contribution in [3.63, 3.8) is 0 Å². The van der Waals surface area contributed by atoms with Crippen LogP contribution in [0.4, 0.5) is 5.69 Å². The Kier molecular flexibility index (Phi) is 5.06. The fourth-order valence-electron chi connectivity index (χ4n) is 2.72. The predicted octanol–water partition coefficient (Wildman–Crippen LogP) is 1.99. The average Bonchev–Trinajstić information content (AvgIpc) is 3.47. The summed E-state index contributed by atoms with van der Waals surface area (Å²) in [5.74, 6) is 0.332. The van der Waals surface area contributed by atoms with Crippen molar-refractivity contribution >= 4 is 23.4 Å². The summed E-state index contributed by atoms with van der Waals surface area (Å²) in [6.07, 6.45) is 3.22. The van der Waals surface area contributed by atoms with Crippen molar-refractivity contribution in [2.45, 2.75) is 45.6 Å². The number of carbonyl (C=O) groups is 3. The van der Waals surface area contributed by atoms with Gasteiger partial charge in [-0.2, -0.15) is 0 Å². The van der Waals surface area contributed by atoms with Gasteiger partial charge in [0.05, 0.1) is 0 Å². The molecule has 0 unspecified atom stereocenters. The van der Waals surface area contributed by atoms with Gasteiger partial charge in [-0.05, 0) is 49.8 Å². The summed E-state index contributed by atoms with van der Waals surface area (Å²) in [6, 6.07) is 5.59. The lowest BCUT2D eigenvalue weighted by Gasteiger charge is -2.11. The molecule has 2 aliphatic carbocycles. The van der Waals surface area contributed by atoms with E-state index in [1.807, 2.05) is 19.9 Å². The first-order valence-corrected chi connectivity index (χ1v) is 8.93. The van der Waals surface area contributed by atoms with Gasteiger partial charge in [0.25, 0.3) is 5.91 Å². The standard InChI is InChI=1S/C19H25N3O3/c1-11-3-4-13(18(24)21-14-5-6-14)10-16(11)22-17(23)7-8-20-19(25)15-9-12(15)2/h3-4,10,12,14-15H,5-9H2,1-2H3,(H,20,25)(H,21,24)(H,22,23)/t12-,15+/m1/s1. The third kappa shape index (κ3) is 4.81. The van der Waals surface area contributed by atoms with Gasteiger partial charge in [-0.15, -0.1) is 0 Å². The summed E-state index contributed by atoms with van der Waals surface area (Å²) in [5.41, 5.74) is 2.08. The third-order valence-corrected chi connectivity index (χ3v) is 4.78. The molecule has 3 amide bonds. The topological polar surface area (TPSA) is 87.3 Å². The molecule has 3 rings (SSSR count). The van der Waals surface area contributed by atoms with E-state index in [-0.39, 0.29) is 30.1 Å². The Morgan fingerprint density at radius 2 is 1.92 bits per heavy atom. The molecular weight excluding hydrogens is 318 g/mol.